The van der Waals surface area contributed by atoms with Gasteiger partial charge in [-0.25, -0.2) is 24.1 Å². The van der Waals surface area contributed by atoms with E-state index < -0.39 is 11.9 Å². The molecule has 0 radical (unpaired) electrons. The van der Waals surface area contributed by atoms with Gasteiger partial charge in [0.1, 0.15) is 11.9 Å². The fraction of sp³-hybridized carbons (Fsp3) is 0.259. The van der Waals surface area contributed by atoms with Crippen LogP contribution in [0.1, 0.15) is 31.2 Å². The minimum atomic E-state index is -0.744. The Kier molecular flexibility index (Phi) is 6.72. The van der Waals surface area contributed by atoms with Gasteiger partial charge in [-0.15, -0.1) is 0 Å². The zero-order valence-corrected chi connectivity index (χ0v) is 20.3. The molecular formula is C27H27FN6O3. The summed E-state index contributed by atoms with van der Waals surface area (Å²) in [5.41, 5.74) is 12.8. The molecule has 9 nitrogen and oxygen atoms in total. The van der Waals surface area contributed by atoms with Crippen LogP contribution in [0.15, 0.2) is 54.9 Å². The monoisotopic (exact) mass is 502 g/mol. The number of nitrogens with one attached hydrogen (secondary N) is 1. The summed E-state index contributed by atoms with van der Waals surface area (Å²) in [5.74, 6) is 0.584. The van der Waals surface area contributed by atoms with Crippen molar-refractivity contribution in [3.05, 3.63) is 66.2 Å². The van der Waals surface area contributed by atoms with Gasteiger partial charge >= 0.3 is 6.09 Å². The topological polar surface area (TPSA) is 138 Å². The highest BCUT2D eigenvalue weighted by molar-refractivity contribution is 5.98. The van der Waals surface area contributed by atoms with Crippen LogP contribution in [0.2, 0.25) is 0 Å². The number of fused-ring (bicyclic) bond motifs is 1. The number of pyridine rings is 1. The number of amides is 1. The zero-order valence-electron chi connectivity index (χ0n) is 20.3. The number of hydrogen-bond donors (Lipinski definition) is 3. The Hall–Kier alpha value is -4.47. The van der Waals surface area contributed by atoms with E-state index >= 15 is 0 Å². The van der Waals surface area contributed by atoms with E-state index in [2.05, 4.69) is 20.3 Å². The Morgan fingerprint density at radius 2 is 1.78 bits per heavy atom. The minimum absolute atomic E-state index is 0.0865. The summed E-state index contributed by atoms with van der Waals surface area (Å²) in [4.78, 5) is 24.5. The summed E-state index contributed by atoms with van der Waals surface area (Å²) >= 11 is 0. The van der Waals surface area contributed by atoms with Crippen molar-refractivity contribution in [3.8, 4) is 22.9 Å². The Balaban J connectivity index is 1.41. The van der Waals surface area contributed by atoms with Gasteiger partial charge in [0.25, 0.3) is 0 Å². The van der Waals surface area contributed by atoms with Gasteiger partial charge in [-0.2, -0.15) is 0 Å². The largest absolute Gasteiger partial charge is 0.446 e. The smallest absolute Gasteiger partial charge is 0.404 e. The lowest BCUT2D eigenvalue weighted by atomic mass is 9.93. The van der Waals surface area contributed by atoms with Crippen molar-refractivity contribution in [1.82, 2.24) is 15.0 Å². The van der Waals surface area contributed by atoms with Crippen LogP contribution < -0.4 is 21.5 Å². The number of benzene rings is 2. The molecule has 0 spiro atoms. The molecule has 37 heavy (non-hydrogen) atoms. The lowest BCUT2D eigenvalue weighted by Gasteiger charge is -2.28. The molecule has 10 heteroatoms. The van der Waals surface area contributed by atoms with E-state index in [1.165, 1.54) is 0 Å². The van der Waals surface area contributed by atoms with Gasteiger partial charge in [0.2, 0.25) is 11.8 Å². The van der Waals surface area contributed by atoms with Crippen molar-refractivity contribution in [1.29, 1.82) is 0 Å². The molecule has 0 atom stereocenters. The van der Waals surface area contributed by atoms with Crippen LogP contribution in [0, 0.1) is 12.7 Å². The number of primary amides is 1. The third-order valence-electron chi connectivity index (χ3n) is 6.56. The maximum Gasteiger partial charge on any atom is 0.404 e. The molecule has 1 saturated carbocycles. The first-order valence-corrected chi connectivity index (χ1v) is 12.1. The van der Waals surface area contributed by atoms with E-state index in [9.17, 15) is 9.18 Å². The van der Waals surface area contributed by atoms with E-state index in [1.807, 2.05) is 18.2 Å². The first-order chi connectivity index (χ1) is 17.9. The third kappa shape index (κ3) is 5.09. The van der Waals surface area contributed by atoms with Crippen LogP contribution in [-0.2, 0) is 4.74 Å². The van der Waals surface area contributed by atoms with Crippen molar-refractivity contribution in [2.24, 2.45) is 5.73 Å². The molecule has 5 N–H and O–H groups in total. The van der Waals surface area contributed by atoms with Crippen molar-refractivity contribution in [2.45, 2.75) is 44.8 Å². The maximum atomic E-state index is 14.9. The average molecular weight is 503 g/mol. The second kappa shape index (κ2) is 10.3. The number of carbonyl (C=O) groups excluding carboxylic acids is 1. The number of carbonyl (C=O) groups is 1. The molecule has 2 heterocycles. The average Bonchev–Trinajstić information content (AvgIpc) is 2.91. The molecule has 0 aliphatic heterocycles. The maximum absolute atomic E-state index is 14.9. The Labute approximate surface area is 213 Å². The second-order valence-electron chi connectivity index (χ2n) is 9.01. The van der Waals surface area contributed by atoms with Crippen LogP contribution in [0.25, 0.3) is 22.0 Å². The standard InChI is InChI=1S/C27H27FN6O3/c1-15-22(28)23(29)18-5-2-3-6-19(18)24(15)37-25-20(7-4-13-31-25)21-12-14-32-27(34-21)33-16-8-10-17(11-9-16)36-26(30)35/h2-7,12-14,16-17H,8-11,29H2,1H3,(H2,30,35)(H,32,33,34). The molecular weight excluding hydrogens is 475 g/mol. The first-order valence-electron chi connectivity index (χ1n) is 12.1. The van der Waals surface area contributed by atoms with Gasteiger partial charge in [0.15, 0.2) is 5.82 Å². The molecule has 0 saturated heterocycles. The molecule has 2 aromatic heterocycles. The second-order valence-corrected chi connectivity index (χ2v) is 9.01. The molecule has 0 bridgehead atoms. The number of halogens is 1. The molecule has 190 valence electrons. The van der Waals surface area contributed by atoms with Crippen LogP contribution in [0.5, 0.6) is 11.6 Å². The number of nitrogens with zero attached hydrogens (tertiary/aromatic N) is 3. The first kappa shape index (κ1) is 24.2. The fourth-order valence-corrected chi connectivity index (χ4v) is 4.68. The number of rotatable bonds is 6. The Bertz CT molecular complexity index is 1460. The van der Waals surface area contributed by atoms with Gasteiger partial charge in [-0.05, 0) is 50.8 Å². The van der Waals surface area contributed by atoms with E-state index in [0.29, 0.717) is 52.1 Å². The van der Waals surface area contributed by atoms with Gasteiger partial charge in [0, 0.05) is 34.8 Å². The lowest BCUT2D eigenvalue weighted by Crippen LogP contribution is -2.32. The summed E-state index contributed by atoms with van der Waals surface area (Å²) < 4.78 is 26.3. The molecule has 5 rings (SSSR count). The summed E-state index contributed by atoms with van der Waals surface area (Å²) in [5, 5.41) is 4.63. The highest BCUT2D eigenvalue weighted by Gasteiger charge is 2.24. The normalized spacial score (nSPS) is 17.4. The van der Waals surface area contributed by atoms with Crippen LogP contribution in [0.3, 0.4) is 0 Å². The SMILES string of the molecule is Cc1c(F)c(N)c2ccccc2c1Oc1ncccc1-c1ccnc(NC2CCC(OC(N)=O)CC2)n1. The molecule has 1 aliphatic carbocycles. The Morgan fingerprint density at radius 1 is 1.03 bits per heavy atom. The summed E-state index contributed by atoms with van der Waals surface area (Å²) in [6.07, 6.45) is 5.38. The minimum Gasteiger partial charge on any atom is -0.446 e. The van der Waals surface area contributed by atoms with Crippen molar-refractivity contribution < 1.29 is 18.7 Å². The van der Waals surface area contributed by atoms with E-state index in [-0.39, 0.29) is 23.7 Å². The van der Waals surface area contributed by atoms with E-state index in [4.69, 9.17) is 20.9 Å². The van der Waals surface area contributed by atoms with Gasteiger partial charge in [-0.3, -0.25) is 0 Å². The number of ether oxygens (including phenoxy) is 2. The molecule has 1 aliphatic rings. The molecule has 1 amide bonds. The van der Waals surface area contributed by atoms with E-state index in [1.54, 1.807) is 43.6 Å². The third-order valence-corrected chi connectivity index (χ3v) is 6.56. The zero-order chi connectivity index (χ0) is 25.9. The number of hydrogen-bond acceptors (Lipinski definition) is 8. The van der Waals surface area contributed by atoms with Gasteiger partial charge in [-0.1, -0.05) is 24.3 Å². The van der Waals surface area contributed by atoms with Gasteiger partial charge < -0.3 is 26.3 Å². The molecule has 1 fully saturated rings. The van der Waals surface area contributed by atoms with Crippen molar-refractivity contribution in [2.75, 3.05) is 11.1 Å². The number of anilines is 2. The van der Waals surface area contributed by atoms with Crippen molar-refractivity contribution in [3.63, 3.8) is 0 Å². The number of nitrogen functional groups attached to an aromatic ring is 1. The fourth-order valence-electron chi connectivity index (χ4n) is 4.68. The highest BCUT2D eigenvalue weighted by Crippen LogP contribution is 2.40. The van der Waals surface area contributed by atoms with Crippen LogP contribution >= 0.6 is 0 Å². The van der Waals surface area contributed by atoms with Crippen molar-refractivity contribution >= 4 is 28.5 Å². The summed E-state index contributed by atoms with van der Waals surface area (Å²) in [6.45, 7) is 1.63. The quantitative estimate of drug-likeness (QED) is 0.301. The predicted molar refractivity (Wildman–Crippen MR) is 139 cm³/mol. The molecule has 0 unspecified atom stereocenters. The summed E-state index contributed by atoms with van der Waals surface area (Å²) in [6, 6.07) is 12.8. The predicted octanol–water partition coefficient (Wildman–Crippen LogP) is 5.33. The van der Waals surface area contributed by atoms with Gasteiger partial charge in [0.05, 0.1) is 16.9 Å². The van der Waals surface area contributed by atoms with Crippen LogP contribution in [-0.4, -0.2) is 33.2 Å². The Morgan fingerprint density at radius 3 is 2.54 bits per heavy atom. The summed E-state index contributed by atoms with van der Waals surface area (Å²) in [7, 11) is 0. The molecule has 4 aromatic rings. The number of nitrogens with two attached hydrogens (primary N) is 2. The molecule has 2 aromatic carbocycles. The van der Waals surface area contributed by atoms with Crippen LogP contribution in [0.4, 0.5) is 20.8 Å². The van der Waals surface area contributed by atoms with E-state index in [0.717, 1.165) is 12.8 Å². The highest BCUT2D eigenvalue weighted by atomic mass is 19.1. The number of aromatic nitrogens is 3. The lowest BCUT2D eigenvalue weighted by molar-refractivity contribution is 0.0805.